The zero-order valence-corrected chi connectivity index (χ0v) is 82.3. The van der Waals surface area contributed by atoms with Crippen LogP contribution in [0.4, 0.5) is 0 Å². The normalized spacial score (nSPS) is 20.1. The standard InChI is InChI=1S/C80H136O2Si14/c1-85(2,3)75(86(4,5)6)55-49-63(77(89(13,14)15)90(16,17)18)73(64(50-55)78(91(19,20)21)92(22,23)24)83-57-45-47-62-69(53-57)82-68-44-40-38-42-60(68)72(62)84(58-46-48-61-70(54-58)81-67-43-39-37-41-59(67)71(61)83)74-65(79(93(25,26)27)94(28,29)30)51-56(76(87(7,8)9)88(10,11)12)52-66(74)80(95(31,32)33)96(34,35)36/h37-54,57-58,75-80,83-84H,1-36H3/t57-,58-,83+,84+/m1/s1. The first kappa shape index (κ1) is 78.1. The van der Waals surface area contributed by atoms with E-state index in [4.69, 9.17) is 9.47 Å². The third-order valence-electron chi connectivity index (χ3n) is 22.4. The van der Waals surface area contributed by atoms with Crippen LogP contribution in [0.25, 0.3) is 10.4 Å². The van der Waals surface area contributed by atoms with Gasteiger partial charge in [-0.3, -0.25) is 0 Å². The predicted molar refractivity (Wildman–Crippen MR) is 473 cm³/mol. The average Bonchev–Trinajstić information content (AvgIpc) is 0.709. The molecule has 0 saturated carbocycles. The lowest BCUT2D eigenvalue weighted by Gasteiger charge is -2.48. The molecule has 2 nitrogen and oxygen atoms in total. The van der Waals surface area contributed by atoms with E-state index in [1.165, 1.54) is 22.3 Å². The third kappa shape index (κ3) is 15.4. The largest absolute Gasteiger partial charge is 0.456 e. The van der Waals surface area contributed by atoms with Gasteiger partial charge < -0.3 is 9.47 Å². The summed E-state index contributed by atoms with van der Waals surface area (Å²) in [5.41, 5.74) is 16.3. The fourth-order valence-corrected chi connectivity index (χ4v) is 109. The van der Waals surface area contributed by atoms with Crippen molar-refractivity contribution in [2.45, 2.75) is 278 Å². The molecule has 0 radical (unpaired) electrons. The number of allylic oxidation sites excluding steroid dienone is 6. The Labute approximate surface area is 605 Å². The van der Waals surface area contributed by atoms with Gasteiger partial charge in [-0.25, -0.2) is 0 Å². The quantitative estimate of drug-likeness (QED) is 0.0821. The van der Waals surface area contributed by atoms with E-state index in [1.807, 2.05) is 10.4 Å². The third-order valence-corrected chi connectivity index (χ3v) is 85.6. The highest BCUT2D eigenvalue weighted by atomic mass is 28.4. The van der Waals surface area contributed by atoms with Gasteiger partial charge in [0.2, 0.25) is 0 Å². The van der Waals surface area contributed by atoms with Crippen molar-refractivity contribution in [2.24, 2.45) is 0 Å². The SMILES string of the molecule is C[Si](C)(C)C(c1cc(C([Si](C)(C)C)[Si](C)(C)C)c([Si@@H]2C3=C4C=C[C@H](C=C4Oc4ccccc43)[Si@H](c3c(C([Si](C)(C)C)[Si](C)(C)C)cc(C([Si](C)(C)C)[Si](C)(C)C)cc3C([Si](C)(C)C)[Si](C)(C)C)C3=C4C=C[C@@H]2C=C4Oc2ccccc23)c(C([Si](C)(C)C)[Si](C)(C)C)c1)[Si](C)(C)C. The number of benzene rings is 4. The van der Waals surface area contributed by atoms with Crippen molar-refractivity contribution >= 4 is 135 Å². The molecule has 0 N–H and O–H groups in total. The summed E-state index contributed by atoms with van der Waals surface area (Å²) in [5.74, 6) is 4.38. The molecule has 0 aromatic heterocycles. The number of hydrogen-bond donors (Lipinski definition) is 0. The molecule has 16 heteroatoms. The molecule has 0 amide bonds. The zero-order valence-electron chi connectivity index (χ0n) is 68.0. The van der Waals surface area contributed by atoms with Gasteiger partial charge in [0.15, 0.2) is 0 Å². The molecule has 0 spiro atoms. The summed E-state index contributed by atoms with van der Waals surface area (Å²) in [5, 5.41) is 10.3. The van der Waals surface area contributed by atoms with Gasteiger partial charge in [-0.05, 0) is 76.8 Å². The van der Waals surface area contributed by atoms with Gasteiger partial charge in [0.1, 0.15) is 40.6 Å². The lowest BCUT2D eigenvalue weighted by atomic mass is 9.99. The van der Waals surface area contributed by atoms with Crippen LogP contribution in [0.2, 0.25) is 247 Å². The zero-order chi connectivity index (χ0) is 72.3. The van der Waals surface area contributed by atoms with Crippen LogP contribution in [0.1, 0.15) is 75.5 Å². The Kier molecular flexibility index (Phi) is 21.1. The van der Waals surface area contributed by atoms with Crippen molar-refractivity contribution in [3.8, 4) is 11.5 Å². The summed E-state index contributed by atoms with van der Waals surface area (Å²) in [6.45, 7) is 98.8. The molecule has 4 atom stereocenters. The maximum absolute atomic E-state index is 7.85. The molecular formula is C80H136O2Si14. The minimum Gasteiger partial charge on any atom is -0.456 e. The van der Waals surface area contributed by atoms with E-state index in [0.717, 1.165) is 23.0 Å². The highest BCUT2D eigenvalue weighted by molar-refractivity contribution is 7.03. The Hall–Kier alpha value is -2.04. The second kappa shape index (κ2) is 26.0. The molecule has 0 fully saturated rings. The summed E-state index contributed by atoms with van der Waals surface area (Å²) in [6, 6.07) is 30.9. The minimum atomic E-state index is -2.51. The molecule has 2 aliphatic carbocycles. The summed E-state index contributed by atoms with van der Waals surface area (Å²) in [4.78, 5) is 0. The van der Waals surface area contributed by atoms with Crippen LogP contribution < -0.4 is 19.8 Å². The molecule has 0 unspecified atom stereocenters. The number of fused-ring (bicyclic) bond motifs is 2. The molecule has 0 saturated heterocycles. The maximum Gasteiger partial charge on any atom is 0.134 e. The lowest BCUT2D eigenvalue weighted by molar-refractivity contribution is 0.429. The number of ether oxygens (including phenoxy) is 2. The van der Waals surface area contributed by atoms with Crippen molar-refractivity contribution in [3.63, 3.8) is 0 Å². The van der Waals surface area contributed by atoms with Crippen molar-refractivity contribution in [1.29, 1.82) is 0 Å². The summed E-state index contributed by atoms with van der Waals surface area (Å²) >= 11 is 0. The first-order chi connectivity index (χ1) is 43.3. The van der Waals surface area contributed by atoms with Crippen LogP contribution in [0, 0.1) is 0 Å². The smallest absolute Gasteiger partial charge is 0.134 e. The fraction of sp³-hybridized carbons (Fsp3) is 0.550. The van der Waals surface area contributed by atoms with Crippen molar-refractivity contribution < 1.29 is 9.47 Å². The Morgan fingerprint density at radius 1 is 0.292 bits per heavy atom. The minimum absolute atomic E-state index is 0.133. The van der Waals surface area contributed by atoms with E-state index in [9.17, 15) is 0 Å². The first-order valence-corrected chi connectivity index (χ1v) is 84.0. The molecule has 524 valence electrons. The van der Waals surface area contributed by atoms with Gasteiger partial charge in [0.05, 0.1) is 0 Å². The number of hydrogen-bond acceptors (Lipinski definition) is 2. The van der Waals surface area contributed by atoms with Gasteiger partial charge in [-0.15, -0.1) is 0 Å². The summed E-state index contributed by atoms with van der Waals surface area (Å²) < 4.78 is 15.7. The molecular weight excluding hydrogens is 1390 g/mol. The van der Waals surface area contributed by atoms with Crippen molar-refractivity contribution in [2.75, 3.05) is 0 Å². The van der Waals surface area contributed by atoms with Crippen molar-refractivity contribution in [1.82, 2.24) is 0 Å². The Morgan fingerprint density at radius 3 is 0.729 bits per heavy atom. The van der Waals surface area contributed by atoms with Crippen LogP contribution in [0.5, 0.6) is 11.5 Å². The summed E-state index contributed by atoms with van der Waals surface area (Å²) in [6.07, 6.45) is 16.7. The maximum atomic E-state index is 7.85. The predicted octanol–water partition coefficient (Wildman–Crippen LogP) is 23.7. The van der Waals surface area contributed by atoms with Crippen LogP contribution in [-0.2, 0) is 0 Å². The van der Waals surface area contributed by atoms with Gasteiger partial charge in [-0.1, -0.05) is 353 Å². The topological polar surface area (TPSA) is 18.5 Å². The lowest BCUT2D eigenvalue weighted by Crippen LogP contribution is -2.56. The highest BCUT2D eigenvalue weighted by Crippen LogP contribution is 2.55. The molecule has 96 heavy (non-hydrogen) atoms. The number of rotatable bonds is 20. The Bertz CT molecular complexity index is 3410. The molecule has 6 heterocycles. The van der Waals surface area contributed by atoms with E-state index >= 15 is 0 Å². The second-order valence-electron chi connectivity index (χ2n) is 44.0. The van der Waals surface area contributed by atoms with E-state index in [-0.39, 0.29) is 11.1 Å². The van der Waals surface area contributed by atoms with Crippen molar-refractivity contribution in [3.05, 3.63) is 176 Å². The van der Waals surface area contributed by atoms with E-state index in [2.05, 4.69) is 345 Å². The molecule has 6 aliphatic heterocycles. The van der Waals surface area contributed by atoms with E-state index < -0.39 is 114 Å². The molecule has 4 aromatic carbocycles. The van der Waals surface area contributed by atoms with Gasteiger partial charge in [-0.2, -0.15) is 0 Å². The second-order valence-corrected chi connectivity index (χ2v) is 117. The highest BCUT2D eigenvalue weighted by Gasteiger charge is 2.54. The average molecular weight is 1520 g/mol. The monoisotopic (exact) mass is 1520 g/mol. The van der Waals surface area contributed by atoms with Crippen LogP contribution >= 0.6 is 0 Å². The van der Waals surface area contributed by atoms with Crippen LogP contribution in [-0.4, -0.2) is 114 Å². The molecule has 8 aliphatic rings. The molecule has 12 rings (SSSR count). The molecule has 8 bridgehead atoms. The number of para-hydroxylation sites is 2. The van der Waals surface area contributed by atoms with Gasteiger partial charge in [0.25, 0.3) is 0 Å². The van der Waals surface area contributed by atoms with Crippen LogP contribution in [0.15, 0.2) is 132 Å². The Balaban J connectivity index is 1.57. The van der Waals surface area contributed by atoms with Gasteiger partial charge in [0, 0.05) is 130 Å². The van der Waals surface area contributed by atoms with Crippen LogP contribution in [0.3, 0.4) is 0 Å². The summed E-state index contributed by atoms with van der Waals surface area (Å²) in [7, 11) is -27.6. The van der Waals surface area contributed by atoms with E-state index in [1.54, 1.807) is 43.8 Å². The van der Waals surface area contributed by atoms with Gasteiger partial charge >= 0.3 is 0 Å². The molecule has 4 aromatic rings. The fourth-order valence-electron chi connectivity index (χ4n) is 23.0. The van der Waals surface area contributed by atoms with E-state index in [0.29, 0.717) is 31.0 Å². The first-order valence-electron chi connectivity index (χ1n) is 37.5. The Morgan fingerprint density at radius 2 is 0.510 bits per heavy atom.